The van der Waals surface area contributed by atoms with E-state index in [2.05, 4.69) is 15.4 Å². The number of halogens is 3. The van der Waals surface area contributed by atoms with Gasteiger partial charge in [-0.3, -0.25) is 13.9 Å². The van der Waals surface area contributed by atoms with Crippen molar-refractivity contribution in [2.75, 3.05) is 25.7 Å². The maximum atomic E-state index is 14.1. The lowest BCUT2D eigenvalue weighted by Gasteiger charge is -2.04. The zero-order valence-corrected chi connectivity index (χ0v) is 19.6. The first-order chi connectivity index (χ1) is 15.8. The normalized spacial score (nSPS) is 15.4. The van der Waals surface area contributed by atoms with Gasteiger partial charge in [-0.05, 0) is 37.8 Å². The first kappa shape index (κ1) is 26.5. The first-order valence-corrected chi connectivity index (χ1v) is 11.1. The molecule has 1 saturated heterocycles. The van der Waals surface area contributed by atoms with Crippen molar-refractivity contribution in [2.45, 2.75) is 32.2 Å². The summed E-state index contributed by atoms with van der Waals surface area (Å²) in [5.41, 5.74) is 6.37. The maximum Gasteiger partial charge on any atom is 0.275 e. The largest absolute Gasteiger partial charge is 0.381 e. The van der Waals surface area contributed by atoms with Gasteiger partial charge in [0.05, 0.1) is 24.6 Å². The molecule has 3 N–H and O–H groups in total. The fourth-order valence-electron chi connectivity index (χ4n) is 2.96. The van der Waals surface area contributed by atoms with Crippen LogP contribution >= 0.6 is 11.3 Å². The Morgan fingerprint density at radius 3 is 2.73 bits per heavy atom. The SMILES string of the molecule is CF.Cc1ccc(F)c(-c2nc(C(=O)Nc3cnn(C)c3)cs2)c1F.NC1CCCOCC1. The summed E-state index contributed by atoms with van der Waals surface area (Å²) in [6, 6.07) is 2.94. The highest BCUT2D eigenvalue weighted by Crippen LogP contribution is 2.30. The molecule has 2 aromatic heterocycles. The number of thiazole rings is 1. The highest BCUT2D eigenvalue weighted by molar-refractivity contribution is 7.13. The van der Waals surface area contributed by atoms with Gasteiger partial charge in [-0.15, -0.1) is 11.3 Å². The number of ether oxygens (including phenoxy) is 1. The minimum Gasteiger partial charge on any atom is -0.381 e. The van der Waals surface area contributed by atoms with Gasteiger partial charge in [0.1, 0.15) is 22.3 Å². The molecule has 1 aliphatic rings. The fraction of sp³-hybridized carbons (Fsp3) is 0.409. The van der Waals surface area contributed by atoms with E-state index in [1.54, 1.807) is 24.9 Å². The van der Waals surface area contributed by atoms with Crippen LogP contribution in [0.25, 0.3) is 10.6 Å². The second-order valence-electron chi connectivity index (χ2n) is 7.25. The van der Waals surface area contributed by atoms with Crippen LogP contribution in [-0.2, 0) is 11.8 Å². The van der Waals surface area contributed by atoms with E-state index in [0.717, 1.165) is 43.8 Å². The summed E-state index contributed by atoms with van der Waals surface area (Å²) in [7, 11) is 2.22. The number of anilines is 1. The Hall–Kier alpha value is -2.76. The number of rotatable bonds is 3. The van der Waals surface area contributed by atoms with Gasteiger partial charge in [-0.1, -0.05) is 6.07 Å². The smallest absolute Gasteiger partial charge is 0.275 e. The lowest BCUT2D eigenvalue weighted by molar-refractivity contribution is 0.102. The number of aryl methyl sites for hydroxylation is 2. The third kappa shape index (κ3) is 7.65. The third-order valence-corrected chi connectivity index (χ3v) is 5.55. The highest BCUT2D eigenvalue weighted by atomic mass is 32.1. The molecule has 0 bridgehead atoms. The number of amides is 1. The van der Waals surface area contributed by atoms with Crippen LogP contribution in [0.5, 0.6) is 0 Å². The van der Waals surface area contributed by atoms with Gasteiger partial charge < -0.3 is 15.8 Å². The molecule has 1 aliphatic heterocycles. The molecule has 33 heavy (non-hydrogen) atoms. The standard InChI is InChI=1S/C15H12F2N4OS.C6H13NO.CH3F/c1-8-3-4-10(16)12(13(8)17)15-20-11(7-23-15)14(22)19-9-5-18-21(2)6-9;7-6-2-1-4-8-5-3-6;1-2/h3-7H,1-2H3,(H,19,22);6H,1-5,7H2;1H3. The number of benzene rings is 1. The molecule has 4 rings (SSSR count). The zero-order chi connectivity index (χ0) is 24.4. The topological polar surface area (TPSA) is 95.1 Å². The van der Waals surface area contributed by atoms with Crippen LogP contribution in [0.4, 0.5) is 18.9 Å². The summed E-state index contributed by atoms with van der Waals surface area (Å²) in [6.07, 6.45) is 6.44. The number of nitrogens with two attached hydrogens (primary N) is 1. The Morgan fingerprint density at radius 2 is 2.03 bits per heavy atom. The zero-order valence-electron chi connectivity index (χ0n) is 18.8. The van der Waals surface area contributed by atoms with Crippen LogP contribution in [-0.4, -0.2) is 47.1 Å². The molecule has 0 aliphatic carbocycles. The molecule has 3 aromatic rings. The van der Waals surface area contributed by atoms with Crippen LogP contribution in [0.2, 0.25) is 0 Å². The van der Waals surface area contributed by atoms with Crippen molar-refractivity contribution < 1.29 is 22.7 Å². The molecule has 7 nitrogen and oxygen atoms in total. The molecule has 1 aromatic carbocycles. The summed E-state index contributed by atoms with van der Waals surface area (Å²) in [5.74, 6) is -1.84. The summed E-state index contributed by atoms with van der Waals surface area (Å²) < 4.78 is 44.2. The monoisotopic (exact) mass is 483 g/mol. The molecule has 0 saturated carbocycles. The number of alkyl halides is 1. The summed E-state index contributed by atoms with van der Waals surface area (Å²) >= 11 is 1.01. The van der Waals surface area contributed by atoms with Crippen LogP contribution < -0.4 is 11.1 Å². The van der Waals surface area contributed by atoms with Gasteiger partial charge in [0, 0.05) is 37.9 Å². The van der Waals surface area contributed by atoms with Crippen LogP contribution in [0.1, 0.15) is 35.3 Å². The van der Waals surface area contributed by atoms with E-state index in [1.165, 1.54) is 23.7 Å². The molecule has 1 unspecified atom stereocenters. The molecule has 1 fully saturated rings. The number of carbonyl (C=O) groups is 1. The van der Waals surface area contributed by atoms with Gasteiger partial charge in [-0.25, -0.2) is 13.8 Å². The summed E-state index contributed by atoms with van der Waals surface area (Å²) in [6.45, 7) is 3.32. The summed E-state index contributed by atoms with van der Waals surface area (Å²) in [5, 5.41) is 8.14. The Balaban J connectivity index is 0.000000323. The molecule has 3 heterocycles. The predicted octanol–water partition coefficient (Wildman–Crippen LogP) is 4.48. The van der Waals surface area contributed by atoms with Crippen molar-refractivity contribution in [1.29, 1.82) is 0 Å². The number of nitrogens with one attached hydrogen (secondary N) is 1. The molecule has 0 radical (unpaired) electrons. The van der Waals surface area contributed by atoms with E-state index in [4.69, 9.17) is 10.5 Å². The van der Waals surface area contributed by atoms with Crippen LogP contribution in [0, 0.1) is 18.6 Å². The van der Waals surface area contributed by atoms with Crippen molar-refractivity contribution in [3.63, 3.8) is 0 Å². The minimum absolute atomic E-state index is 0.0918. The Bertz CT molecular complexity index is 1030. The fourth-order valence-corrected chi connectivity index (χ4v) is 3.79. The minimum atomic E-state index is -0.707. The quantitative estimate of drug-likeness (QED) is 0.573. The lowest BCUT2D eigenvalue weighted by Crippen LogP contribution is -2.19. The molecule has 1 atom stereocenters. The lowest BCUT2D eigenvalue weighted by atomic mass is 10.1. The predicted molar refractivity (Wildman–Crippen MR) is 123 cm³/mol. The van der Waals surface area contributed by atoms with Crippen molar-refractivity contribution in [2.24, 2.45) is 12.8 Å². The number of aromatic nitrogens is 3. The number of hydrogen-bond acceptors (Lipinski definition) is 6. The third-order valence-electron chi connectivity index (χ3n) is 4.69. The molecule has 180 valence electrons. The molecule has 0 spiro atoms. The maximum absolute atomic E-state index is 14.1. The molecular weight excluding hydrogens is 455 g/mol. The van der Waals surface area contributed by atoms with E-state index in [9.17, 15) is 18.0 Å². The van der Waals surface area contributed by atoms with E-state index in [1.807, 2.05) is 0 Å². The van der Waals surface area contributed by atoms with Gasteiger partial charge in [0.2, 0.25) is 0 Å². The first-order valence-electron chi connectivity index (χ1n) is 10.3. The van der Waals surface area contributed by atoms with E-state index < -0.39 is 17.5 Å². The van der Waals surface area contributed by atoms with E-state index >= 15 is 0 Å². The average Bonchev–Trinajstić information content (AvgIpc) is 3.38. The van der Waals surface area contributed by atoms with Crippen LogP contribution in [0.15, 0.2) is 29.9 Å². The number of nitrogens with zero attached hydrogens (tertiary/aromatic N) is 3. The van der Waals surface area contributed by atoms with Crippen molar-refractivity contribution in [3.8, 4) is 10.6 Å². The average molecular weight is 484 g/mol. The van der Waals surface area contributed by atoms with Gasteiger partial charge in [-0.2, -0.15) is 5.10 Å². The highest BCUT2D eigenvalue weighted by Gasteiger charge is 2.19. The Labute approximate surface area is 194 Å². The Kier molecular flexibility index (Phi) is 10.5. The molecular formula is C22H28F3N5O2S. The second kappa shape index (κ2) is 13.1. The Morgan fingerprint density at radius 1 is 1.27 bits per heavy atom. The molecule has 1 amide bonds. The second-order valence-corrected chi connectivity index (χ2v) is 8.11. The number of carbonyl (C=O) groups excluding carboxylic acids is 1. The van der Waals surface area contributed by atoms with Crippen molar-refractivity contribution in [1.82, 2.24) is 14.8 Å². The van der Waals surface area contributed by atoms with Gasteiger partial charge in [0.25, 0.3) is 5.91 Å². The summed E-state index contributed by atoms with van der Waals surface area (Å²) in [4.78, 5) is 16.2. The van der Waals surface area contributed by atoms with Crippen LogP contribution in [0.3, 0.4) is 0 Å². The van der Waals surface area contributed by atoms with Crippen molar-refractivity contribution >= 4 is 22.9 Å². The number of hydrogen-bond donors (Lipinski definition) is 2. The molecule has 11 heteroatoms. The van der Waals surface area contributed by atoms with E-state index in [-0.39, 0.29) is 16.3 Å². The van der Waals surface area contributed by atoms with E-state index in [0.29, 0.717) is 24.5 Å². The van der Waals surface area contributed by atoms with Crippen molar-refractivity contribution in [3.05, 3.63) is 52.8 Å². The van der Waals surface area contributed by atoms with Gasteiger partial charge in [0.15, 0.2) is 0 Å². The van der Waals surface area contributed by atoms with Gasteiger partial charge >= 0.3 is 0 Å².